The van der Waals surface area contributed by atoms with Crippen molar-refractivity contribution >= 4 is 18.0 Å². The highest BCUT2D eigenvalue weighted by Gasteiger charge is 2.10. The number of aryl methyl sites for hydroxylation is 1. The Bertz CT molecular complexity index is 537. The number of benzene rings is 1. The van der Waals surface area contributed by atoms with Gasteiger partial charge in [-0.05, 0) is 32.1 Å². The minimum absolute atomic E-state index is 0.0544. The molecule has 0 aliphatic heterocycles. The van der Waals surface area contributed by atoms with Gasteiger partial charge in [-0.25, -0.2) is 0 Å². The summed E-state index contributed by atoms with van der Waals surface area (Å²) in [5, 5.41) is 8.67. The molecule has 1 aromatic carbocycles. The van der Waals surface area contributed by atoms with Crippen LogP contribution >= 0.6 is 0 Å². The van der Waals surface area contributed by atoms with Crippen molar-refractivity contribution in [1.29, 1.82) is 0 Å². The van der Waals surface area contributed by atoms with Crippen molar-refractivity contribution in [3.8, 4) is 5.75 Å². The number of carboxylic acids is 1. The first-order valence-electron chi connectivity index (χ1n) is 6.81. The maximum atomic E-state index is 12.1. The molecule has 114 valence electrons. The molecule has 0 saturated carbocycles. The number of carbonyl (C=O) groups is 2. The minimum Gasteiger partial charge on any atom is -0.496 e. The van der Waals surface area contributed by atoms with Gasteiger partial charge in [0.2, 0.25) is 5.91 Å². The molecule has 0 aromatic heterocycles. The van der Waals surface area contributed by atoms with E-state index in [4.69, 9.17) is 9.84 Å². The molecule has 0 saturated heterocycles. The number of hydrogen-bond acceptors (Lipinski definition) is 3. The molecule has 0 heterocycles. The monoisotopic (exact) mass is 291 g/mol. The van der Waals surface area contributed by atoms with Gasteiger partial charge in [-0.2, -0.15) is 0 Å². The Balaban J connectivity index is 2.80. The molecule has 1 amide bonds. The molecule has 5 heteroatoms. The van der Waals surface area contributed by atoms with E-state index in [0.29, 0.717) is 12.3 Å². The summed E-state index contributed by atoms with van der Waals surface area (Å²) in [5.74, 6) is -0.425. The zero-order valence-electron chi connectivity index (χ0n) is 12.6. The summed E-state index contributed by atoms with van der Waals surface area (Å²) >= 11 is 0. The van der Waals surface area contributed by atoms with Crippen LogP contribution in [0.25, 0.3) is 6.08 Å². The number of methoxy groups -OCH3 is 1. The average Bonchev–Trinajstić information content (AvgIpc) is 2.45. The second-order valence-corrected chi connectivity index (χ2v) is 4.64. The Hall–Kier alpha value is -2.30. The van der Waals surface area contributed by atoms with Gasteiger partial charge in [-0.1, -0.05) is 11.6 Å². The number of hydrogen-bond donors (Lipinski definition) is 1. The van der Waals surface area contributed by atoms with Crippen LogP contribution in [0.15, 0.2) is 24.3 Å². The third kappa shape index (κ3) is 5.30. The van der Waals surface area contributed by atoms with Crippen LogP contribution in [-0.2, 0) is 9.59 Å². The lowest BCUT2D eigenvalue weighted by Gasteiger charge is -2.17. The summed E-state index contributed by atoms with van der Waals surface area (Å²) in [6, 6.07) is 5.71. The molecular formula is C16H21NO4. The van der Waals surface area contributed by atoms with Crippen molar-refractivity contribution in [3.05, 3.63) is 35.4 Å². The molecule has 5 nitrogen and oxygen atoms in total. The van der Waals surface area contributed by atoms with Crippen LogP contribution in [0.5, 0.6) is 5.75 Å². The van der Waals surface area contributed by atoms with Crippen LogP contribution in [-0.4, -0.2) is 42.1 Å². The number of rotatable bonds is 7. The van der Waals surface area contributed by atoms with E-state index in [2.05, 4.69) is 0 Å². The van der Waals surface area contributed by atoms with E-state index in [9.17, 15) is 9.59 Å². The molecule has 0 fully saturated rings. The van der Waals surface area contributed by atoms with Crippen LogP contribution in [0.4, 0.5) is 0 Å². The average molecular weight is 291 g/mol. The van der Waals surface area contributed by atoms with Crippen LogP contribution in [0.3, 0.4) is 0 Å². The number of carboxylic acid groups (broad SMARTS) is 1. The fourth-order valence-electron chi connectivity index (χ4n) is 1.91. The molecule has 0 aliphatic carbocycles. The van der Waals surface area contributed by atoms with Gasteiger partial charge < -0.3 is 14.7 Å². The van der Waals surface area contributed by atoms with E-state index in [0.717, 1.165) is 11.1 Å². The van der Waals surface area contributed by atoms with Crippen molar-refractivity contribution in [3.63, 3.8) is 0 Å². The Kier molecular flexibility index (Phi) is 6.46. The van der Waals surface area contributed by atoms with Crippen LogP contribution in [0.1, 0.15) is 24.5 Å². The molecule has 0 aliphatic rings. The standard InChI is InChI=1S/C16H21NO4/c1-4-17(10-9-16(19)20)15(18)8-6-13-11-12(2)5-7-14(13)21-3/h5-8,11H,4,9-10H2,1-3H3,(H,19,20)/b8-6+. The highest BCUT2D eigenvalue weighted by Crippen LogP contribution is 2.21. The lowest BCUT2D eigenvalue weighted by Crippen LogP contribution is -2.31. The molecular weight excluding hydrogens is 270 g/mol. The zero-order chi connectivity index (χ0) is 15.8. The predicted octanol–water partition coefficient (Wildman–Crippen LogP) is 2.34. The molecule has 1 rings (SSSR count). The van der Waals surface area contributed by atoms with Gasteiger partial charge in [0.05, 0.1) is 13.5 Å². The first kappa shape index (κ1) is 16.8. The molecule has 1 N–H and O–H groups in total. The lowest BCUT2D eigenvalue weighted by atomic mass is 10.1. The molecule has 0 unspecified atom stereocenters. The Labute approximate surface area is 124 Å². The van der Waals surface area contributed by atoms with E-state index in [1.807, 2.05) is 32.0 Å². The van der Waals surface area contributed by atoms with Gasteiger partial charge in [0.15, 0.2) is 0 Å². The van der Waals surface area contributed by atoms with Crippen LogP contribution in [0.2, 0.25) is 0 Å². The topological polar surface area (TPSA) is 66.8 Å². The number of carbonyl (C=O) groups excluding carboxylic acids is 1. The van der Waals surface area contributed by atoms with Gasteiger partial charge in [-0.3, -0.25) is 9.59 Å². The second kappa shape index (κ2) is 8.09. The van der Waals surface area contributed by atoms with E-state index in [1.54, 1.807) is 13.2 Å². The number of nitrogens with zero attached hydrogens (tertiary/aromatic N) is 1. The van der Waals surface area contributed by atoms with Crippen LogP contribution < -0.4 is 4.74 Å². The van der Waals surface area contributed by atoms with Gasteiger partial charge in [-0.15, -0.1) is 0 Å². The van der Waals surface area contributed by atoms with Crippen molar-refractivity contribution in [1.82, 2.24) is 4.90 Å². The minimum atomic E-state index is -0.911. The van der Waals surface area contributed by atoms with Gasteiger partial charge in [0.1, 0.15) is 5.75 Å². The van der Waals surface area contributed by atoms with Crippen molar-refractivity contribution in [2.75, 3.05) is 20.2 Å². The summed E-state index contributed by atoms with van der Waals surface area (Å²) < 4.78 is 5.24. The van der Waals surface area contributed by atoms with Crippen molar-refractivity contribution in [2.45, 2.75) is 20.3 Å². The zero-order valence-corrected chi connectivity index (χ0v) is 12.6. The molecule has 1 aromatic rings. The maximum Gasteiger partial charge on any atom is 0.305 e. The second-order valence-electron chi connectivity index (χ2n) is 4.64. The maximum absolute atomic E-state index is 12.1. The molecule has 21 heavy (non-hydrogen) atoms. The van der Waals surface area contributed by atoms with E-state index < -0.39 is 5.97 Å². The Morgan fingerprint density at radius 3 is 2.67 bits per heavy atom. The summed E-state index contributed by atoms with van der Waals surface area (Å²) in [4.78, 5) is 24.1. The lowest BCUT2D eigenvalue weighted by molar-refractivity contribution is -0.137. The third-order valence-corrected chi connectivity index (χ3v) is 3.08. The van der Waals surface area contributed by atoms with Gasteiger partial charge >= 0.3 is 5.97 Å². The fourth-order valence-corrected chi connectivity index (χ4v) is 1.91. The molecule has 0 atom stereocenters. The summed E-state index contributed by atoms with van der Waals surface area (Å²) in [5.41, 5.74) is 1.89. The normalized spacial score (nSPS) is 10.6. The van der Waals surface area contributed by atoms with Crippen molar-refractivity contribution in [2.24, 2.45) is 0 Å². The number of amides is 1. The number of ether oxygens (including phenoxy) is 1. The summed E-state index contributed by atoms with van der Waals surface area (Å²) in [6.07, 6.45) is 3.08. The van der Waals surface area contributed by atoms with E-state index in [1.165, 1.54) is 11.0 Å². The number of aliphatic carboxylic acids is 1. The Morgan fingerprint density at radius 1 is 1.38 bits per heavy atom. The Morgan fingerprint density at radius 2 is 2.10 bits per heavy atom. The van der Waals surface area contributed by atoms with Gasteiger partial charge in [0.25, 0.3) is 0 Å². The van der Waals surface area contributed by atoms with Crippen molar-refractivity contribution < 1.29 is 19.4 Å². The van der Waals surface area contributed by atoms with Crippen LogP contribution in [0, 0.1) is 6.92 Å². The highest BCUT2D eigenvalue weighted by molar-refractivity contribution is 5.92. The molecule has 0 spiro atoms. The number of likely N-dealkylation sites (N-methyl/N-ethyl adjacent to an activating group) is 1. The SMILES string of the molecule is CCN(CCC(=O)O)C(=O)/C=C/c1cc(C)ccc1OC. The third-order valence-electron chi connectivity index (χ3n) is 3.08. The summed E-state index contributed by atoms with van der Waals surface area (Å²) in [7, 11) is 1.58. The highest BCUT2D eigenvalue weighted by atomic mass is 16.5. The fraction of sp³-hybridized carbons (Fsp3) is 0.375. The van der Waals surface area contributed by atoms with Gasteiger partial charge in [0, 0.05) is 24.7 Å². The first-order chi connectivity index (χ1) is 9.97. The predicted molar refractivity (Wildman–Crippen MR) is 81.3 cm³/mol. The molecule has 0 radical (unpaired) electrons. The van der Waals surface area contributed by atoms with E-state index >= 15 is 0 Å². The smallest absolute Gasteiger partial charge is 0.305 e. The van der Waals surface area contributed by atoms with E-state index in [-0.39, 0.29) is 18.9 Å². The summed E-state index contributed by atoms with van der Waals surface area (Å²) in [6.45, 7) is 4.46. The first-order valence-corrected chi connectivity index (χ1v) is 6.81. The molecule has 0 bridgehead atoms. The largest absolute Gasteiger partial charge is 0.496 e. The quantitative estimate of drug-likeness (QED) is 0.783.